The van der Waals surface area contributed by atoms with Crippen molar-refractivity contribution in [3.05, 3.63) is 71.8 Å². The summed E-state index contributed by atoms with van der Waals surface area (Å²) in [6, 6.07) is 15.4. The van der Waals surface area contributed by atoms with Gasteiger partial charge in [-0.2, -0.15) is 16.8 Å². The Morgan fingerprint density at radius 2 is 1.21 bits per heavy atom. The average Bonchev–Trinajstić information content (AvgIpc) is 2.71. The number of benzene rings is 2. The third kappa shape index (κ3) is 5.63. The third-order valence-electron chi connectivity index (χ3n) is 5.56. The van der Waals surface area contributed by atoms with Crippen molar-refractivity contribution < 1.29 is 35.5 Å². The monoisotopic (exact) mass is 512 g/mol. The Morgan fingerprint density at radius 1 is 0.824 bits per heavy atom. The SMILES string of the molecule is CCC(C(NC(C)=O)(NC(C)=O)C(CS(=O)(=O)O)(c1ccccc1)c1ccccc1)S(=O)(=O)O. The molecule has 2 rings (SSSR count). The maximum atomic E-state index is 12.7. The van der Waals surface area contributed by atoms with Crippen LogP contribution in [0.3, 0.4) is 0 Å². The molecule has 0 aliphatic carbocycles. The highest BCUT2D eigenvalue weighted by Gasteiger charge is 2.63. The molecule has 2 amide bonds. The predicted molar refractivity (Wildman–Crippen MR) is 126 cm³/mol. The quantitative estimate of drug-likeness (QED) is 0.274. The van der Waals surface area contributed by atoms with E-state index in [4.69, 9.17) is 0 Å². The van der Waals surface area contributed by atoms with Gasteiger partial charge in [0, 0.05) is 13.8 Å². The zero-order chi connectivity index (χ0) is 25.8. The van der Waals surface area contributed by atoms with Gasteiger partial charge in [-0.15, -0.1) is 0 Å². The minimum absolute atomic E-state index is 0.156. The van der Waals surface area contributed by atoms with Crippen molar-refractivity contribution in [3.63, 3.8) is 0 Å². The van der Waals surface area contributed by atoms with Crippen LogP contribution in [0.2, 0.25) is 0 Å². The number of rotatable bonds is 10. The molecular formula is C22H28N2O8S2. The van der Waals surface area contributed by atoms with Crippen molar-refractivity contribution in [2.45, 2.75) is 43.5 Å². The topological polar surface area (TPSA) is 167 Å². The smallest absolute Gasteiger partial charge is 0.272 e. The zero-order valence-corrected chi connectivity index (χ0v) is 20.6. The van der Waals surface area contributed by atoms with Crippen LogP contribution in [-0.2, 0) is 35.2 Å². The zero-order valence-electron chi connectivity index (χ0n) is 18.9. The van der Waals surface area contributed by atoms with Gasteiger partial charge in [0.15, 0.2) is 0 Å². The molecule has 0 aromatic heterocycles. The van der Waals surface area contributed by atoms with Crippen LogP contribution in [0.15, 0.2) is 60.7 Å². The van der Waals surface area contributed by atoms with Crippen molar-refractivity contribution >= 4 is 32.1 Å². The van der Waals surface area contributed by atoms with Gasteiger partial charge in [-0.25, -0.2) is 0 Å². The van der Waals surface area contributed by atoms with Crippen LogP contribution in [0.1, 0.15) is 38.3 Å². The molecule has 2 aromatic rings. The molecule has 10 nitrogen and oxygen atoms in total. The summed E-state index contributed by atoms with van der Waals surface area (Å²) in [5.74, 6) is -2.77. The van der Waals surface area contributed by atoms with Gasteiger partial charge in [0.2, 0.25) is 11.8 Å². The largest absolute Gasteiger partial charge is 0.331 e. The van der Waals surface area contributed by atoms with E-state index in [1.165, 1.54) is 31.2 Å². The second-order valence-corrected chi connectivity index (χ2v) is 11.0. The van der Waals surface area contributed by atoms with Crippen molar-refractivity contribution in [1.82, 2.24) is 10.6 Å². The summed E-state index contributed by atoms with van der Waals surface area (Å²) in [5, 5.41) is 2.99. The van der Waals surface area contributed by atoms with Crippen LogP contribution >= 0.6 is 0 Å². The van der Waals surface area contributed by atoms with E-state index in [1.807, 2.05) is 0 Å². The summed E-state index contributed by atoms with van der Waals surface area (Å²) in [5.41, 5.74) is -4.26. The minimum atomic E-state index is -5.02. The van der Waals surface area contributed by atoms with Gasteiger partial charge in [0.25, 0.3) is 20.2 Å². The van der Waals surface area contributed by atoms with Gasteiger partial charge >= 0.3 is 0 Å². The molecule has 186 valence electrons. The molecule has 0 saturated heterocycles. The van der Waals surface area contributed by atoms with Gasteiger partial charge in [0.1, 0.15) is 10.9 Å². The molecule has 0 heterocycles. The van der Waals surface area contributed by atoms with E-state index in [0.29, 0.717) is 0 Å². The molecule has 0 radical (unpaired) electrons. The van der Waals surface area contributed by atoms with Crippen LogP contribution in [0, 0.1) is 0 Å². The highest BCUT2D eigenvalue weighted by molar-refractivity contribution is 7.86. The van der Waals surface area contributed by atoms with Crippen LogP contribution in [0.4, 0.5) is 0 Å². The van der Waals surface area contributed by atoms with Gasteiger partial charge < -0.3 is 10.6 Å². The first kappa shape index (κ1) is 27.4. The Morgan fingerprint density at radius 3 is 1.47 bits per heavy atom. The van der Waals surface area contributed by atoms with Gasteiger partial charge in [0.05, 0.1) is 11.2 Å². The molecule has 0 fully saturated rings. The molecule has 34 heavy (non-hydrogen) atoms. The maximum absolute atomic E-state index is 12.7. The second-order valence-electron chi connectivity index (χ2n) is 7.95. The number of hydrogen-bond acceptors (Lipinski definition) is 6. The van der Waals surface area contributed by atoms with E-state index < -0.39 is 54.1 Å². The van der Waals surface area contributed by atoms with E-state index in [-0.39, 0.29) is 17.5 Å². The normalized spacial score (nSPS) is 13.7. The third-order valence-corrected chi connectivity index (χ3v) is 7.77. The van der Waals surface area contributed by atoms with E-state index in [0.717, 1.165) is 13.8 Å². The molecule has 0 saturated carbocycles. The van der Waals surface area contributed by atoms with Crippen LogP contribution < -0.4 is 10.6 Å². The first-order valence-corrected chi connectivity index (χ1v) is 13.4. The molecule has 1 atom stereocenters. The molecule has 1 unspecified atom stereocenters. The average molecular weight is 513 g/mol. The maximum Gasteiger partial charge on any atom is 0.272 e. The van der Waals surface area contributed by atoms with Crippen molar-refractivity contribution in [3.8, 4) is 0 Å². The standard InChI is InChI=1S/C22H28N2O8S2/c1-4-20(34(30,31)32)22(23-16(2)25,24-17(3)26)21(15-33(27,28)29,18-11-7-5-8-12-18)19-13-9-6-10-14-19/h5-14,20H,4,15H2,1-3H3,(H,23,25)(H,24,26)(H,27,28,29)(H,30,31,32). The molecule has 0 spiro atoms. The summed E-state index contributed by atoms with van der Waals surface area (Å²) in [7, 11) is -9.92. The Hall–Kier alpha value is -2.80. The van der Waals surface area contributed by atoms with Crippen molar-refractivity contribution in [1.29, 1.82) is 0 Å². The van der Waals surface area contributed by atoms with Crippen LogP contribution in [-0.4, -0.2) is 54.4 Å². The highest BCUT2D eigenvalue weighted by atomic mass is 32.2. The Bertz CT molecular complexity index is 1170. The summed E-state index contributed by atoms with van der Waals surface area (Å²) < 4.78 is 70.7. The van der Waals surface area contributed by atoms with E-state index in [2.05, 4.69) is 10.6 Å². The number of amides is 2. The predicted octanol–water partition coefficient (Wildman–Crippen LogP) is 1.50. The second kappa shape index (κ2) is 10.2. The Balaban J connectivity index is 3.28. The lowest BCUT2D eigenvalue weighted by atomic mass is 9.64. The first-order valence-electron chi connectivity index (χ1n) is 10.3. The lowest BCUT2D eigenvalue weighted by Crippen LogP contribution is -2.79. The fourth-order valence-electron chi connectivity index (χ4n) is 4.60. The summed E-state index contributed by atoms with van der Waals surface area (Å²) in [4.78, 5) is 25.0. The van der Waals surface area contributed by atoms with E-state index in [9.17, 15) is 35.5 Å². The van der Waals surface area contributed by atoms with Gasteiger partial charge in [-0.1, -0.05) is 67.6 Å². The van der Waals surface area contributed by atoms with Crippen molar-refractivity contribution in [2.75, 3.05) is 5.75 Å². The summed E-state index contributed by atoms with van der Waals surface area (Å²) in [6.45, 7) is 3.51. The lowest BCUT2D eigenvalue weighted by molar-refractivity contribution is -0.126. The fourth-order valence-corrected chi connectivity index (χ4v) is 6.89. The first-order chi connectivity index (χ1) is 15.7. The molecule has 12 heteroatoms. The number of hydrogen-bond donors (Lipinski definition) is 4. The fraction of sp³-hybridized carbons (Fsp3) is 0.364. The molecule has 2 aromatic carbocycles. The molecular weight excluding hydrogens is 484 g/mol. The van der Waals surface area contributed by atoms with Crippen LogP contribution in [0.25, 0.3) is 0 Å². The number of carbonyl (C=O) groups excluding carboxylic acids is 2. The number of nitrogens with one attached hydrogen (secondary N) is 2. The van der Waals surface area contributed by atoms with E-state index >= 15 is 0 Å². The molecule has 0 aliphatic heterocycles. The van der Waals surface area contributed by atoms with Crippen molar-refractivity contribution in [2.24, 2.45) is 0 Å². The Kier molecular flexibility index (Phi) is 8.25. The molecule has 0 aliphatic rings. The summed E-state index contributed by atoms with van der Waals surface area (Å²) >= 11 is 0. The molecule has 4 N–H and O–H groups in total. The van der Waals surface area contributed by atoms with Gasteiger partial charge in [-0.3, -0.25) is 18.7 Å². The Labute approximate surface area is 199 Å². The summed E-state index contributed by atoms with van der Waals surface area (Å²) in [6.07, 6.45) is -0.341. The minimum Gasteiger partial charge on any atom is -0.331 e. The molecule has 0 bridgehead atoms. The lowest BCUT2D eigenvalue weighted by Gasteiger charge is -2.53. The van der Waals surface area contributed by atoms with Crippen LogP contribution in [0.5, 0.6) is 0 Å². The van der Waals surface area contributed by atoms with E-state index in [1.54, 1.807) is 36.4 Å². The highest BCUT2D eigenvalue weighted by Crippen LogP contribution is 2.46. The number of carbonyl (C=O) groups is 2. The van der Waals surface area contributed by atoms with Gasteiger partial charge in [-0.05, 0) is 17.5 Å².